The fraction of sp³-hybridized carbons (Fsp3) is 0.938. The number of carbonyl (C=O) groups excluding carboxylic acids is 1. The molecule has 0 amide bonds. The predicted octanol–water partition coefficient (Wildman–Crippen LogP) is 2.04. The van der Waals surface area contributed by atoms with Crippen LogP contribution in [0.1, 0.15) is 44.9 Å². The number of ether oxygens (including phenoxy) is 1. The van der Waals surface area contributed by atoms with Crippen LogP contribution in [0.25, 0.3) is 0 Å². The van der Waals surface area contributed by atoms with Crippen LogP contribution in [-0.4, -0.2) is 50.7 Å². The van der Waals surface area contributed by atoms with Gasteiger partial charge in [0.2, 0.25) is 0 Å². The summed E-state index contributed by atoms with van der Waals surface area (Å²) in [6.45, 7) is 3.43. The summed E-state index contributed by atoms with van der Waals surface area (Å²) in [4.78, 5) is 13.7. The Hall–Kier alpha value is -0.610. The molecule has 0 aromatic rings. The number of nitrogens with one attached hydrogen (secondary N) is 1. The molecule has 2 unspecified atom stereocenters. The summed E-state index contributed by atoms with van der Waals surface area (Å²) >= 11 is 0. The fourth-order valence-corrected chi connectivity index (χ4v) is 3.77. The highest BCUT2D eigenvalue weighted by molar-refractivity contribution is 5.69. The van der Waals surface area contributed by atoms with Crippen molar-refractivity contribution in [3.63, 3.8) is 0 Å². The molecular formula is C16H30N2O2. The maximum atomic E-state index is 11.3. The van der Waals surface area contributed by atoms with Crippen LogP contribution in [0, 0.1) is 11.8 Å². The summed E-state index contributed by atoms with van der Waals surface area (Å²) in [5, 5.41) is 3.77. The Morgan fingerprint density at radius 2 is 2.00 bits per heavy atom. The molecule has 1 N–H and O–H groups in total. The number of piperidine rings is 1. The maximum absolute atomic E-state index is 11.3. The van der Waals surface area contributed by atoms with Crippen LogP contribution in [0.3, 0.4) is 0 Å². The van der Waals surface area contributed by atoms with Crippen molar-refractivity contribution in [2.24, 2.45) is 11.8 Å². The quantitative estimate of drug-likeness (QED) is 0.757. The van der Waals surface area contributed by atoms with Gasteiger partial charge in [-0.2, -0.15) is 0 Å². The average molecular weight is 282 g/mol. The van der Waals surface area contributed by atoms with Crippen LogP contribution in [0.5, 0.6) is 0 Å². The van der Waals surface area contributed by atoms with E-state index in [1.54, 1.807) is 0 Å². The van der Waals surface area contributed by atoms with E-state index in [0.29, 0.717) is 18.4 Å². The molecule has 20 heavy (non-hydrogen) atoms. The Morgan fingerprint density at radius 1 is 1.25 bits per heavy atom. The molecule has 2 atom stereocenters. The summed E-state index contributed by atoms with van der Waals surface area (Å²) in [5.41, 5.74) is 0. The van der Waals surface area contributed by atoms with Gasteiger partial charge in [0.25, 0.3) is 0 Å². The molecule has 2 fully saturated rings. The van der Waals surface area contributed by atoms with Gasteiger partial charge in [-0.3, -0.25) is 4.79 Å². The Kier molecular flexibility index (Phi) is 6.30. The normalized spacial score (nSPS) is 28.7. The molecule has 1 heterocycles. The third-order valence-electron chi connectivity index (χ3n) is 4.87. The first-order valence-corrected chi connectivity index (χ1v) is 8.16. The molecule has 1 saturated carbocycles. The zero-order valence-electron chi connectivity index (χ0n) is 13.1. The average Bonchev–Trinajstić information content (AvgIpc) is 2.95. The molecule has 0 spiro atoms. The summed E-state index contributed by atoms with van der Waals surface area (Å²) in [7, 11) is 3.66. The van der Waals surface area contributed by atoms with Gasteiger partial charge in [0, 0.05) is 25.6 Å². The molecule has 1 aliphatic heterocycles. The van der Waals surface area contributed by atoms with Crippen molar-refractivity contribution < 1.29 is 9.53 Å². The van der Waals surface area contributed by atoms with E-state index in [1.807, 2.05) is 0 Å². The lowest BCUT2D eigenvalue weighted by molar-refractivity contribution is -0.141. The summed E-state index contributed by atoms with van der Waals surface area (Å²) in [6.07, 6.45) is 8.36. The number of esters is 1. The summed E-state index contributed by atoms with van der Waals surface area (Å²) in [6, 6.07) is 0.594. The lowest BCUT2D eigenvalue weighted by Gasteiger charge is -2.36. The van der Waals surface area contributed by atoms with Gasteiger partial charge in [0.1, 0.15) is 0 Å². The Bertz CT molecular complexity index is 303. The zero-order valence-corrected chi connectivity index (χ0v) is 13.1. The van der Waals surface area contributed by atoms with Gasteiger partial charge in [0.05, 0.1) is 7.11 Å². The molecule has 1 aliphatic carbocycles. The number of rotatable bonds is 6. The number of hydrogen-bond donors (Lipinski definition) is 1. The van der Waals surface area contributed by atoms with E-state index in [2.05, 4.69) is 17.3 Å². The monoisotopic (exact) mass is 282 g/mol. The lowest BCUT2D eigenvalue weighted by atomic mass is 9.90. The van der Waals surface area contributed by atoms with Crippen molar-refractivity contribution in [2.75, 3.05) is 33.8 Å². The maximum Gasteiger partial charge on any atom is 0.305 e. The summed E-state index contributed by atoms with van der Waals surface area (Å²) in [5.74, 6) is 1.44. The van der Waals surface area contributed by atoms with E-state index in [9.17, 15) is 4.79 Å². The number of hydrogen-bond acceptors (Lipinski definition) is 4. The highest BCUT2D eigenvalue weighted by Gasteiger charge is 2.26. The second kappa shape index (κ2) is 7.99. The molecule has 4 nitrogen and oxygen atoms in total. The molecule has 0 bridgehead atoms. The topological polar surface area (TPSA) is 41.6 Å². The molecule has 116 valence electrons. The van der Waals surface area contributed by atoms with Crippen LogP contribution in [0.2, 0.25) is 0 Å². The minimum atomic E-state index is -0.0753. The van der Waals surface area contributed by atoms with E-state index < -0.39 is 0 Å². The largest absolute Gasteiger partial charge is 0.469 e. The molecular weight excluding hydrogens is 252 g/mol. The van der Waals surface area contributed by atoms with E-state index in [4.69, 9.17) is 4.74 Å². The zero-order chi connectivity index (χ0) is 14.4. The van der Waals surface area contributed by atoms with Gasteiger partial charge in [-0.1, -0.05) is 12.8 Å². The van der Waals surface area contributed by atoms with Gasteiger partial charge in [-0.15, -0.1) is 0 Å². The molecule has 1 saturated heterocycles. The van der Waals surface area contributed by atoms with Crippen molar-refractivity contribution in [3.8, 4) is 0 Å². The second-order valence-corrected chi connectivity index (χ2v) is 6.69. The second-order valence-electron chi connectivity index (χ2n) is 6.69. The number of nitrogens with zero attached hydrogens (tertiary/aromatic N) is 1. The number of carbonyl (C=O) groups is 1. The van der Waals surface area contributed by atoms with Crippen LogP contribution in [0.4, 0.5) is 0 Å². The smallest absolute Gasteiger partial charge is 0.305 e. The SMILES string of the molecule is COC(=O)CCC1CC(NCC2CCCC2)CN(C)C1. The Morgan fingerprint density at radius 3 is 2.70 bits per heavy atom. The number of likely N-dealkylation sites (N-methyl/N-ethyl adjacent to an activating group) is 1. The molecule has 0 aromatic heterocycles. The molecule has 4 heteroatoms. The van der Waals surface area contributed by atoms with Gasteiger partial charge in [0.15, 0.2) is 0 Å². The van der Waals surface area contributed by atoms with Crippen molar-refractivity contribution in [3.05, 3.63) is 0 Å². The van der Waals surface area contributed by atoms with E-state index in [1.165, 1.54) is 45.8 Å². The third-order valence-corrected chi connectivity index (χ3v) is 4.87. The minimum Gasteiger partial charge on any atom is -0.469 e. The minimum absolute atomic E-state index is 0.0753. The van der Waals surface area contributed by atoms with Crippen molar-refractivity contribution in [1.82, 2.24) is 10.2 Å². The van der Waals surface area contributed by atoms with Crippen molar-refractivity contribution in [1.29, 1.82) is 0 Å². The predicted molar refractivity (Wildman–Crippen MR) is 80.6 cm³/mol. The van der Waals surface area contributed by atoms with E-state index in [0.717, 1.165) is 25.4 Å². The molecule has 0 aromatic carbocycles. The lowest BCUT2D eigenvalue weighted by Crippen LogP contribution is -2.48. The number of methoxy groups -OCH3 is 1. The van der Waals surface area contributed by atoms with E-state index >= 15 is 0 Å². The molecule has 2 aliphatic rings. The molecule has 2 rings (SSSR count). The van der Waals surface area contributed by atoms with Crippen LogP contribution >= 0.6 is 0 Å². The highest BCUT2D eigenvalue weighted by Crippen LogP contribution is 2.25. The van der Waals surface area contributed by atoms with Gasteiger partial charge in [-0.25, -0.2) is 0 Å². The van der Waals surface area contributed by atoms with Crippen LogP contribution in [0.15, 0.2) is 0 Å². The standard InChI is InChI=1S/C16H30N2O2/c1-18-11-14(7-8-16(19)20-2)9-15(12-18)17-10-13-5-3-4-6-13/h13-15,17H,3-12H2,1-2H3. The highest BCUT2D eigenvalue weighted by atomic mass is 16.5. The van der Waals surface area contributed by atoms with Crippen molar-refractivity contribution >= 4 is 5.97 Å². The number of likely N-dealkylation sites (tertiary alicyclic amines) is 1. The first-order valence-electron chi connectivity index (χ1n) is 8.16. The molecule has 0 radical (unpaired) electrons. The van der Waals surface area contributed by atoms with Gasteiger partial charge in [-0.05, 0) is 51.1 Å². The first-order chi connectivity index (χ1) is 9.67. The van der Waals surface area contributed by atoms with Crippen molar-refractivity contribution in [2.45, 2.75) is 51.0 Å². The van der Waals surface area contributed by atoms with Crippen LogP contribution < -0.4 is 5.32 Å². The van der Waals surface area contributed by atoms with Crippen LogP contribution in [-0.2, 0) is 9.53 Å². The van der Waals surface area contributed by atoms with E-state index in [-0.39, 0.29) is 5.97 Å². The Labute approximate surface area is 123 Å². The summed E-state index contributed by atoms with van der Waals surface area (Å²) < 4.78 is 4.74. The first kappa shape index (κ1) is 15.8. The Balaban J connectivity index is 1.70. The fourth-order valence-electron chi connectivity index (χ4n) is 3.77. The van der Waals surface area contributed by atoms with Gasteiger partial charge >= 0.3 is 5.97 Å². The van der Waals surface area contributed by atoms with Gasteiger partial charge < -0.3 is 15.0 Å². The third kappa shape index (κ3) is 5.06.